The van der Waals surface area contributed by atoms with Crippen molar-refractivity contribution < 1.29 is 9.13 Å². The zero-order valence-electron chi connectivity index (χ0n) is 10.9. The number of ether oxygens (including phenoxy) is 1. The zero-order valence-corrected chi connectivity index (χ0v) is 11.6. The van der Waals surface area contributed by atoms with Crippen LogP contribution in [0, 0.1) is 5.82 Å². The maximum absolute atomic E-state index is 13.4. The Morgan fingerprint density at radius 2 is 2.17 bits per heavy atom. The first-order valence-corrected chi connectivity index (χ1v) is 6.33. The molecule has 0 bridgehead atoms. The molecular weight excluding hydrogens is 255 g/mol. The number of likely N-dealkylation sites (N-methyl/N-ethyl adjacent to an activating group) is 1. The van der Waals surface area contributed by atoms with Gasteiger partial charge in [-0.15, -0.1) is 0 Å². The number of nitrogens with zero attached hydrogens (tertiary/aromatic N) is 1. The second-order valence-corrected chi connectivity index (χ2v) is 4.65. The molecule has 0 unspecified atom stereocenters. The lowest BCUT2D eigenvalue weighted by Gasteiger charge is -2.16. The van der Waals surface area contributed by atoms with Crippen LogP contribution in [0.15, 0.2) is 18.2 Å². The first kappa shape index (κ1) is 15.4. The van der Waals surface area contributed by atoms with E-state index in [1.54, 1.807) is 19.2 Å². The molecule has 0 amide bonds. The van der Waals surface area contributed by atoms with E-state index in [4.69, 9.17) is 16.3 Å². The van der Waals surface area contributed by atoms with Gasteiger partial charge in [0.2, 0.25) is 0 Å². The third-order valence-corrected chi connectivity index (χ3v) is 2.91. The van der Waals surface area contributed by atoms with Crippen LogP contribution in [0.5, 0.6) is 0 Å². The molecule has 0 fully saturated rings. The first-order valence-electron chi connectivity index (χ1n) is 5.95. The molecule has 1 rings (SSSR count). The summed E-state index contributed by atoms with van der Waals surface area (Å²) in [6.07, 6.45) is 0. The fourth-order valence-corrected chi connectivity index (χ4v) is 1.73. The Balaban J connectivity index is 2.23. The van der Waals surface area contributed by atoms with Crippen LogP contribution in [-0.2, 0) is 11.3 Å². The van der Waals surface area contributed by atoms with Gasteiger partial charge >= 0.3 is 0 Å². The van der Waals surface area contributed by atoms with E-state index in [0.29, 0.717) is 17.1 Å². The molecule has 0 saturated carbocycles. The van der Waals surface area contributed by atoms with E-state index in [9.17, 15) is 4.39 Å². The highest BCUT2D eigenvalue weighted by molar-refractivity contribution is 6.30. The van der Waals surface area contributed by atoms with Gasteiger partial charge < -0.3 is 15.0 Å². The van der Waals surface area contributed by atoms with Crippen molar-refractivity contribution in [2.24, 2.45) is 0 Å². The molecule has 102 valence electrons. The van der Waals surface area contributed by atoms with E-state index in [2.05, 4.69) is 10.2 Å². The van der Waals surface area contributed by atoms with Gasteiger partial charge in [-0.05, 0) is 25.2 Å². The minimum absolute atomic E-state index is 0.223. The summed E-state index contributed by atoms with van der Waals surface area (Å²) in [6, 6.07) is 4.60. The predicted octanol–water partition coefficient (Wildman–Crippen LogP) is 2.15. The Hall–Kier alpha value is -0.680. The van der Waals surface area contributed by atoms with Gasteiger partial charge in [0.25, 0.3) is 0 Å². The number of nitrogens with one attached hydrogen (secondary N) is 1. The van der Waals surface area contributed by atoms with Crippen LogP contribution in [0.4, 0.5) is 4.39 Å². The van der Waals surface area contributed by atoms with E-state index in [0.717, 1.165) is 26.2 Å². The van der Waals surface area contributed by atoms with Crippen LogP contribution in [0.25, 0.3) is 0 Å². The Morgan fingerprint density at radius 1 is 1.39 bits per heavy atom. The highest BCUT2D eigenvalue weighted by Gasteiger charge is 2.03. The van der Waals surface area contributed by atoms with Gasteiger partial charge in [0.15, 0.2) is 0 Å². The van der Waals surface area contributed by atoms with Crippen molar-refractivity contribution in [2.75, 3.05) is 40.4 Å². The molecule has 0 spiro atoms. The molecule has 0 heterocycles. The highest BCUT2D eigenvalue weighted by atomic mass is 35.5. The lowest BCUT2D eigenvalue weighted by molar-refractivity contribution is 0.161. The molecule has 0 aromatic heterocycles. The largest absolute Gasteiger partial charge is 0.383 e. The summed E-state index contributed by atoms with van der Waals surface area (Å²) < 4.78 is 18.4. The van der Waals surface area contributed by atoms with E-state index in [1.807, 2.05) is 7.05 Å². The van der Waals surface area contributed by atoms with Crippen molar-refractivity contribution >= 4 is 11.6 Å². The summed E-state index contributed by atoms with van der Waals surface area (Å²) in [6.45, 7) is 3.80. The van der Waals surface area contributed by atoms with E-state index in [1.165, 1.54) is 6.07 Å². The number of rotatable bonds is 8. The van der Waals surface area contributed by atoms with Crippen LogP contribution in [0.3, 0.4) is 0 Å². The van der Waals surface area contributed by atoms with Crippen molar-refractivity contribution in [3.63, 3.8) is 0 Å². The van der Waals surface area contributed by atoms with Crippen molar-refractivity contribution in [1.82, 2.24) is 10.2 Å². The van der Waals surface area contributed by atoms with Gasteiger partial charge in [-0.1, -0.05) is 11.6 Å². The number of halogens is 2. The minimum Gasteiger partial charge on any atom is -0.383 e. The normalized spacial score (nSPS) is 11.2. The molecule has 0 aliphatic carbocycles. The van der Waals surface area contributed by atoms with Crippen LogP contribution >= 0.6 is 11.6 Å². The van der Waals surface area contributed by atoms with Crippen LogP contribution in [0.1, 0.15) is 5.56 Å². The summed E-state index contributed by atoms with van der Waals surface area (Å²) in [5, 5.41) is 3.76. The van der Waals surface area contributed by atoms with Crippen molar-refractivity contribution in [3.05, 3.63) is 34.6 Å². The monoisotopic (exact) mass is 274 g/mol. The Morgan fingerprint density at radius 3 is 2.89 bits per heavy atom. The predicted molar refractivity (Wildman–Crippen MR) is 72.5 cm³/mol. The molecule has 0 radical (unpaired) electrons. The molecular formula is C13H20ClFN2O. The minimum atomic E-state index is -0.223. The number of hydrogen-bond donors (Lipinski definition) is 1. The summed E-state index contributed by atoms with van der Waals surface area (Å²) >= 11 is 5.82. The SMILES string of the molecule is COCCN(C)CCNCc1cc(Cl)ccc1F. The average molecular weight is 275 g/mol. The average Bonchev–Trinajstić information content (AvgIpc) is 2.36. The Kier molecular flexibility index (Phi) is 7.20. The quantitative estimate of drug-likeness (QED) is 0.735. The molecule has 5 heteroatoms. The number of hydrogen-bond acceptors (Lipinski definition) is 3. The summed E-state index contributed by atoms with van der Waals surface area (Å²) in [7, 11) is 3.72. The van der Waals surface area contributed by atoms with E-state index in [-0.39, 0.29) is 5.82 Å². The molecule has 0 saturated heterocycles. The van der Waals surface area contributed by atoms with Crippen molar-refractivity contribution in [1.29, 1.82) is 0 Å². The topological polar surface area (TPSA) is 24.5 Å². The number of benzene rings is 1. The molecule has 0 atom stereocenters. The highest BCUT2D eigenvalue weighted by Crippen LogP contribution is 2.14. The maximum atomic E-state index is 13.4. The zero-order chi connectivity index (χ0) is 13.4. The fourth-order valence-electron chi connectivity index (χ4n) is 1.53. The number of methoxy groups -OCH3 is 1. The third kappa shape index (κ3) is 5.78. The van der Waals surface area contributed by atoms with Crippen LogP contribution < -0.4 is 5.32 Å². The second kappa shape index (κ2) is 8.43. The van der Waals surface area contributed by atoms with Gasteiger partial charge in [0, 0.05) is 43.9 Å². The van der Waals surface area contributed by atoms with Crippen molar-refractivity contribution in [2.45, 2.75) is 6.54 Å². The smallest absolute Gasteiger partial charge is 0.127 e. The summed E-state index contributed by atoms with van der Waals surface area (Å²) in [5.41, 5.74) is 0.599. The fraction of sp³-hybridized carbons (Fsp3) is 0.538. The third-order valence-electron chi connectivity index (χ3n) is 2.67. The van der Waals surface area contributed by atoms with Gasteiger partial charge in [0.05, 0.1) is 6.61 Å². The van der Waals surface area contributed by atoms with Crippen LogP contribution in [-0.4, -0.2) is 45.3 Å². The molecule has 1 N–H and O–H groups in total. The summed E-state index contributed by atoms with van der Waals surface area (Å²) in [4.78, 5) is 2.16. The van der Waals surface area contributed by atoms with Gasteiger partial charge in [-0.25, -0.2) is 4.39 Å². The first-order chi connectivity index (χ1) is 8.63. The maximum Gasteiger partial charge on any atom is 0.127 e. The van der Waals surface area contributed by atoms with Crippen molar-refractivity contribution in [3.8, 4) is 0 Å². The van der Waals surface area contributed by atoms with E-state index < -0.39 is 0 Å². The van der Waals surface area contributed by atoms with E-state index >= 15 is 0 Å². The lowest BCUT2D eigenvalue weighted by Crippen LogP contribution is -2.31. The summed E-state index contributed by atoms with van der Waals surface area (Å²) in [5.74, 6) is -0.223. The Labute approximate surface area is 113 Å². The lowest BCUT2D eigenvalue weighted by atomic mass is 10.2. The molecule has 1 aromatic carbocycles. The molecule has 0 aliphatic rings. The molecule has 18 heavy (non-hydrogen) atoms. The Bertz CT molecular complexity index is 363. The second-order valence-electron chi connectivity index (χ2n) is 4.21. The van der Waals surface area contributed by atoms with Crippen LogP contribution in [0.2, 0.25) is 5.02 Å². The standard InChI is InChI=1S/C13H20ClFN2O/c1-17(7-8-18-2)6-5-16-10-11-9-12(14)3-4-13(11)15/h3-4,9,16H,5-8,10H2,1-2H3. The van der Waals surface area contributed by atoms with Gasteiger partial charge in [-0.3, -0.25) is 0 Å². The molecule has 3 nitrogen and oxygen atoms in total. The van der Waals surface area contributed by atoms with Gasteiger partial charge in [0.1, 0.15) is 5.82 Å². The van der Waals surface area contributed by atoms with Gasteiger partial charge in [-0.2, -0.15) is 0 Å². The molecule has 0 aliphatic heterocycles. The molecule has 1 aromatic rings.